The lowest BCUT2D eigenvalue weighted by atomic mass is 10.1. The minimum Gasteiger partial charge on any atom is -0.493 e. The minimum atomic E-state index is -0.770. The molecule has 0 saturated heterocycles. The molecule has 0 saturated carbocycles. The van der Waals surface area contributed by atoms with Crippen LogP contribution in [0.3, 0.4) is 0 Å². The average Bonchev–Trinajstić information content (AvgIpc) is 3.33. The van der Waals surface area contributed by atoms with Crippen LogP contribution in [-0.2, 0) is 15.3 Å². The standard InChI is InChI=1S/C23H23N3O8S2/c1-5-19(28)24-22-25-26-23(36-22)35-12-14-10-15(27)18(11-33-14)34-20(29)7-6-13-8-16(30-2)21(32-4)17(9-13)31-3/h6-11H,5,12H2,1-4H3,(H,24,25,28)/b7-6+. The number of thioether (sulfide) groups is 1. The number of amides is 1. The Morgan fingerprint density at radius 1 is 1.08 bits per heavy atom. The molecule has 0 radical (unpaired) electrons. The number of carbonyl (C=O) groups is 2. The molecule has 3 aromatic rings. The first-order valence-corrected chi connectivity index (χ1v) is 12.2. The predicted octanol–water partition coefficient (Wildman–Crippen LogP) is 3.78. The van der Waals surface area contributed by atoms with Gasteiger partial charge in [-0.1, -0.05) is 30.0 Å². The van der Waals surface area contributed by atoms with Crippen molar-refractivity contribution in [3.05, 3.63) is 52.1 Å². The Kier molecular flexibility index (Phi) is 9.47. The lowest BCUT2D eigenvalue weighted by molar-refractivity contribution is -0.129. The van der Waals surface area contributed by atoms with E-state index >= 15 is 0 Å². The molecule has 0 aliphatic heterocycles. The van der Waals surface area contributed by atoms with Crippen LogP contribution in [0.25, 0.3) is 6.08 Å². The molecule has 190 valence electrons. The van der Waals surface area contributed by atoms with E-state index in [2.05, 4.69) is 15.5 Å². The summed E-state index contributed by atoms with van der Waals surface area (Å²) in [5, 5.41) is 10.9. The van der Waals surface area contributed by atoms with Crippen LogP contribution in [-0.4, -0.2) is 43.4 Å². The second kappa shape index (κ2) is 12.7. The maximum absolute atomic E-state index is 12.4. The first-order chi connectivity index (χ1) is 17.4. The predicted molar refractivity (Wildman–Crippen MR) is 134 cm³/mol. The number of esters is 1. The third-order valence-corrected chi connectivity index (χ3v) is 6.47. The highest BCUT2D eigenvalue weighted by atomic mass is 32.2. The van der Waals surface area contributed by atoms with Gasteiger partial charge in [0.05, 0.1) is 27.1 Å². The summed E-state index contributed by atoms with van der Waals surface area (Å²) in [7, 11) is 4.46. The zero-order valence-corrected chi connectivity index (χ0v) is 21.5. The van der Waals surface area contributed by atoms with Crippen molar-refractivity contribution in [2.45, 2.75) is 23.4 Å². The Labute approximate surface area is 214 Å². The Hall–Kier alpha value is -3.84. The quantitative estimate of drug-likeness (QED) is 0.167. The molecule has 1 amide bonds. The summed E-state index contributed by atoms with van der Waals surface area (Å²) in [6, 6.07) is 4.55. The van der Waals surface area contributed by atoms with Gasteiger partial charge in [0, 0.05) is 18.6 Å². The summed E-state index contributed by atoms with van der Waals surface area (Å²) >= 11 is 2.50. The van der Waals surface area contributed by atoms with E-state index in [4.69, 9.17) is 23.4 Å². The molecule has 0 unspecified atom stereocenters. The molecule has 13 heteroatoms. The number of ether oxygens (including phenoxy) is 4. The van der Waals surface area contributed by atoms with E-state index in [1.165, 1.54) is 56.6 Å². The number of carbonyl (C=O) groups excluding carboxylic acids is 2. The van der Waals surface area contributed by atoms with Crippen molar-refractivity contribution >= 4 is 46.2 Å². The minimum absolute atomic E-state index is 0.155. The van der Waals surface area contributed by atoms with Crippen molar-refractivity contribution < 1.29 is 33.0 Å². The zero-order valence-electron chi connectivity index (χ0n) is 19.9. The summed E-state index contributed by atoms with van der Waals surface area (Å²) in [5.41, 5.74) is 0.0782. The molecule has 0 spiro atoms. The number of benzene rings is 1. The molecule has 36 heavy (non-hydrogen) atoms. The number of anilines is 1. The summed E-state index contributed by atoms with van der Waals surface area (Å²) in [6.45, 7) is 1.74. The van der Waals surface area contributed by atoms with Crippen molar-refractivity contribution in [3.63, 3.8) is 0 Å². The van der Waals surface area contributed by atoms with Crippen LogP contribution in [0.4, 0.5) is 5.13 Å². The van der Waals surface area contributed by atoms with Crippen molar-refractivity contribution in [2.75, 3.05) is 26.6 Å². The van der Waals surface area contributed by atoms with E-state index < -0.39 is 11.4 Å². The Morgan fingerprint density at radius 2 is 1.81 bits per heavy atom. The molecule has 0 atom stereocenters. The largest absolute Gasteiger partial charge is 0.493 e. The molecule has 1 N–H and O–H groups in total. The second-order valence-corrected chi connectivity index (χ2v) is 9.05. The Morgan fingerprint density at radius 3 is 2.42 bits per heavy atom. The lowest BCUT2D eigenvalue weighted by Crippen LogP contribution is -2.12. The van der Waals surface area contributed by atoms with Gasteiger partial charge in [0.15, 0.2) is 15.8 Å². The molecule has 3 rings (SSSR count). The van der Waals surface area contributed by atoms with Gasteiger partial charge < -0.3 is 28.7 Å². The average molecular weight is 534 g/mol. The van der Waals surface area contributed by atoms with Crippen molar-refractivity contribution in [3.8, 4) is 23.0 Å². The summed E-state index contributed by atoms with van der Waals surface area (Å²) in [5.74, 6) is 0.747. The van der Waals surface area contributed by atoms with Crippen LogP contribution in [0, 0.1) is 0 Å². The summed E-state index contributed by atoms with van der Waals surface area (Å²) in [6.07, 6.45) is 4.06. The SMILES string of the molecule is CCC(=O)Nc1nnc(SCc2cc(=O)c(OC(=O)/C=C/c3cc(OC)c(OC)c(OC)c3)co2)s1. The fraction of sp³-hybridized carbons (Fsp3) is 0.261. The number of rotatable bonds is 11. The number of hydrogen-bond acceptors (Lipinski definition) is 12. The highest BCUT2D eigenvalue weighted by Gasteiger charge is 2.14. The maximum Gasteiger partial charge on any atom is 0.336 e. The Balaban J connectivity index is 1.60. The highest BCUT2D eigenvalue weighted by Crippen LogP contribution is 2.38. The van der Waals surface area contributed by atoms with Crippen LogP contribution in [0.5, 0.6) is 23.0 Å². The molecule has 2 heterocycles. The normalized spacial score (nSPS) is 10.8. The summed E-state index contributed by atoms with van der Waals surface area (Å²) in [4.78, 5) is 36.0. The van der Waals surface area contributed by atoms with Gasteiger partial charge in [0.2, 0.25) is 28.0 Å². The number of methoxy groups -OCH3 is 3. The van der Waals surface area contributed by atoms with Crippen molar-refractivity contribution in [1.29, 1.82) is 0 Å². The molecule has 0 aliphatic rings. The van der Waals surface area contributed by atoms with Gasteiger partial charge in [-0.15, -0.1) is 10.2 Å². The zero-order chi connectivity index (χ0) is 26.1. The first kappa shape index (κ1) is 26.8. The molecular weight excluding hydrogens is 510 g/mol. The third kappa shape index (κ3) is 7.09. The summed E-state index contributed by atoms with van der Waals surface area (Å²) < 4.78 is 27.0. The molecular formula is C23H23N3O8S2. The smallest absolute Gasteiger partial charge is 0.336 e. The van der Waals surface area contributed by atoms with Crippen molar-refractivity contribution in [2.24, 2.45) is 0 Å². The highest BCUT2D eigenvalue weighted by molar-refractivity contribution is 8.00. The van der Waals surface area contributed by atoms with Crippen molar-refractivity contribution in [1.82, 2.24) is 10.2 Å². The van der Waals surface area contributed by atoms with E-state index in [9.17, 15) is 14.4 Å². The van der Waals surface area contributed by atoms with Gasteiger partial charge >= 0.3 is 5.97 Å². The molecule has 0 bridgehead atoms. The van der Waals surface area contributed by atoms with Crippen LogP contribution in [0.15, 0.2) is 44.1 Å². The van der Waals surface area contributed by atoms with E-state index in [0.717, 1.165) is 12.3 Å². The van der Waals surface area contributed by atoms with Gasteiger partial charge in [-0.25, -0.2) is 4.79 Å². The van der Waals surface area contributed by atoms with Gasteiger partial charge in [-0.3, -0.25) is 9.59 Å². The molecule has 11 nitrogen and oxygen atoms in total. The lowest BCUT2D eigenvalue weighted by Gasteiger charge is -2.12. The van der Waals surface area contributed by atoms with Gasteiger partial charge in [-0.2, -0.15) is 0 Å². The number of aromatic nitrogens is 2. The van der Waals surface area contributed by atoms with E-state index in [0.29, 0.717) is 50.2 Å². The number of hydrogen-bond donors (Lipinski definition) is 1. The third-order valence-electron chi connectivity index (χ3n) is 4.47. The molecule has 0 fully saturated rings. The van der Waals surface area contributed by atoms with Gasteiger partial charge in [0.1, 0.15) is 12.0 Å². The van der Waals surface area contributed by atoms with Gasteiger partial charge in [0.25, 0.3) is 0 Å². The van der Waals surface area contributed by atoms with Crippen LogP contribution in [0.2, 0.25) is 0 Å². The topological polar surface area (TPSA) is 139 Å². The van der Waals surface area contributed by atoms with Crippen LogP contribution >= 0.6 is 23.1 Å². The van der Waals surface area contributed by atoms with E-state index in [-0.39, 0.29) is 11.7 Å². The first-order valence-electron chi connectivity index (χ1n) is 10.4. The van der Waals surface area contributed by atoms with Crippen LogP contribution in [0.1, 0.15) is 24.7 Å². The number of nitrogens with one attached hydrogen (secondary N) is 1. The maximum atomic E-state index is 12.4. The van der Waals surface area contributed by atoms with Crippen LogP contribution < -0.4 is 29.7 Å². The van der Waals surface area contributed by atoms with E-state index in [1.54, 1.807) is 19.1 Å². The molecule has 2 aromatic heterocycles. The van der Waals surface area contributed by atoms with Gasteiger partial charge in [-0.05, 0) is 23.8 Å². The monoisotopic (exact) mass is 533 g/mol. The molecule has 0 aliphatic carbocycles. The Bertz CT molecular complexity index is 1290. The molecule has 1 aromatic carbocycles. The number of nitrogens with zero attached hydrogens (tertiary/aromatic N) is 2. The fourth-order valence-electron chi connectivity index (χ4n) is 2.75. The second-order valence-electron chi connectivity index (χ2n) is 6.85. The van der Waals surface area contributed by atoms with E-state index in [1.807, 2.05) is 0 Å². The fourth-order valence-corrected chi connectivity index (χ4v) is 4.41.